The quantitative estimate of drug-likeness (QED) is 0.928. The van der Waals surface area contributed by atoms with Crippen molar-refractivity contribution in [2.24, 2.45) is 0 Å². The topological polar surface area (TPSA) is 43.4 Å². The number of rotatable bonds is 4. The maximum absolute atomic E-state index is 5.37. The number of nitrogens with one attached hydrogen (secondary N) is 1. The van der Waals surface area contributed by atoms with E-state index in [1.165, 1.54) is 11.1 Å². The van der Waals surface area contributed by atoms with Gasteiger partial charge in [-0.15, -0.1) is 0 Å². The average Bonchev–Trinajstić information content (AvgIpc) is 2.90. The normalized spacial score (nSPS) is 12.5. The van der Waals surface area contributed by atoms with E-state index < -0.39 is 0 Å². The van der Waals surface area contributed by atoms with Crippen LogP contribution in [0, 0.1) is 6.92 Å². The van der Waals surface area contributed by atoms with Crippen molar-refractivity contribution in [2.75, 3.05) is 18.7 Å². The molecule has 0 saturated carbocycles. The standard InChI is InChI=1S/C15H15BrN2O2/c1-10-6-15(18-8-12(10)16)17-5-4-11-2-3-13-14(7-11)20-9-19-13/h2-3,6-8H,4-5,9H2,1H3,(H,17,18). The minimum atomic E-state index is 0.319. The zero-order chi connectivity index (χ0) is 13.9. The molecule has 1 aliphatic heterocycles. The molecule has 5 heteroatoms. The first kappa shape index (κ1) is 13.2. The second-order valence-electron chi connectivity index (χ2n) is 4.68. The number of anilines is 1. The van der Waals surface area contributed by atoms with Crippen LogP contribution in [0.1, 0.15) is 11.1 Å². The summed E-state index contributed by atoms with van der Waals surface area (Å²) < 4.78 is 11.7. The highest BCUT2D eigenvalue weighted by Crippen LogP contribution is 2.32. The van der Waals surface area contributed by atoms with E-state index in [9.17, 15) is 0 Å². The summed E-state index contributed by atoms with van der Waals surface area (Å²) in [6.07, 6.45) is 2.73. The average molecular weight is 335 g/mol. The van der Waals surface area contributed by atoms with E-state index in [4.69, 9.17) is 9.47 Å². The Morgan fingerprint density at radius 3 is 2.95 bits per heavy atom. The molecule has 3 rings (SSSR count). The molecule has 0 saturated heterocycles. The molecule has 0 bridgehead atoms. The van der Waals surface area contributed by atoms with Crippen molar-refractivity contribution in [1.29, 1.82) is 0 Å². The van der Waals surface area contributed by atoms with Crippen molar-refractivity contribution >= 4 is 21.7 Å². The lowest BCUT2D eigenvalue weighted by atomic mass is 10.1. The number of aryl methyl sites for hydroxylation is 1. The van der Waals surface area contributed by atoms with E-state index in [0.29, 0.717) is 6.79 Å². The molecule has 0 amide bonds. The first-order chi connectivity index (χ1) is 9.72. The Morgan fingerprint density at radius 1 is 1.25 bits per heavy atom. The fourth-order valence-corrected chi connectivity index (χ4v) is 2.28. The molecule has 1 aromatic carbocycles. The molecule has 0 spiro atoms. The molecule has 4 nitrogen and oxygen atoms in total. The maximum Gasteiger partial charge on any atom is 0.231 e. The minimum absolute atomic E-state index is 0.319. The smallest absolute Gasteiger partial charge is 0.231 e. The number of ether oxygens (including phenoxy) is 2. The number of benzene rings is 1. The molecular formula is C15H15BrN2O2. The van der Waals surface area contributed by atoms with Gasteiger partial charge in [0.15, 0.2) is 11.5 Å². The van der Waals surface area contributed by atoms with Gasteiger partial charge in [0.1, 0.15) is 5.82 Å². The second kappa shape index (κ2) is 5.71. The summed E-state index contributed by atoms with van der Waals surface area (Å²) in [4.78, 5) is 4.33. The Morgan fingerprint density at radius 2 is 2.10 bits per heavy atom. The summed E-state index contributed by atoms with van der Waals surface area (Å²) in [5.74, 6) is 2.55. The van der Waals surface area contributed by atoms with Crippen LogP contribution in [0.4, 0.5) is 5.82 Å². The van der Waals surface area contributed by atoms with Gasteiger partial charge >= 0.3 is 0 Å². The Balaban J connectivity index is 1.58. The van der Waals surface area contributed by atoms with Gasteiger partial charge in [-0.25, -0.2) is 4.98 Å². The lowest BCUT2D eigenvalue weighted by molar-refractivity contribution is 0.174. The number of aromatic nitrogens is 1. The van der Waals surface area contributed by atoms with Crippen molar-refractivity contribution in [3.63, 3.8) is 0 Å². The van der Waals surface area contributed by atoms with E-state index in [2.05, 4.69) is 39.2 Å². The van der Waals surface area contributed by atoms with Crippen LogP contribution in [0.2, 0.25) is 0 Å². The summed E-state index contributed by atoms with van der Waals surface area (Å²) >= 11 is 3.45. The summed E-state index contributed by atoms with van der Waals surface area (Å²) in [5.41, 5.74) is 2.39. The van der Waals surface area contributed by atoms with Crippen LogP contribution in [-0.2, 0) is 6.42 Å². The number of pyridine rings is 1. The molecule has 0 radical (unpaired) electrons. The molecule has 1 aromatic heterocycles. The van der Waals surface area contributed by atoms with E-state index >= 15 is 0 Å². The Kier molecular flexibility index (Phi) is 3.78. The Hall–Kier alpha value is -1.75. The lowest BCUT2D eigenvalue weighted by Crippen LogP contribution is -2.06. The monoisotopic (exact) mass is 334 g/mol. The van der Waals surface area contributed by atoms with Crippen LogP contribution < -0.4 is 14.8 Å². The largest absolute Gasteiger partial charge is 0.454 e. The first-order valence-corrected chi connectivity index (χ1v) is 7.26. The lowest BCUT2D eigenvalue weighted by Gasteiger charge is -2.07. The molecule has 0 unspecified atom stereocenters. The summed E-state index contributed by atoms with van der Waals surface area (Å²) in [7, 11) is 0. The van der Waals surface area contributed by atoms with Gasteiger partial charge in [-0.05, 0) is 58.6 Å². The molecule has 20 heavy (non-hydrogen) atoms. The van der Waals surface area contributed by atoms with Gasteiger partial charge in [-0.1, -0.05) is 6.07 Å². The fourth-order valence-electron chi connectivity index (χ4n) is 2.07. The van der Waals surface area contributed by atoms with E-state index in [1.807, 2.05) is 24.4 Å². The van der Waals surface area contributed by atoms with Crippen LogP contribution in [0.5, 0.6) is 11.5 Å². The van der Waals surface area contributed by atoms with Gasteiger partial charge in [0.05, 0.1) is 0 Å². The zero-order valence-corrected chi connectivity index (χ0v) is 12.7. The van der Waals surface area contributed by atoms with Gasteiger partial charge in [0.2, 0.25) is 6.79 Å². The Labute approximate surface area is 126 Å². The predicted molar refractivity (Wildman–Crippen MR) is 81.4 cm³/mol. The predicted octanol–water partition coefficient (Wildman–Crippen LogP) is 3.54. The van der Waals surface area contributed by atoms with Crippen molar-refractivity contribution < 1.29 is 9.47 Å². The third-order valence-electron chi connectivity index (χ3n) is 3.20. The van der Waals surface area contributed by atoms with Crippen LogP contribution in [0.25, 0.3) is 0 Å². The van der Waals surface area contributed by atoms with E-state index in [-0.39, 0.29) is 0 Å². The SMILES string of the molecule is Cc1cc(NCCc2ccc3c(c2)OCO3)ncc1Br. The Bertz CT molecular complexity index is 631. The number of hydrogen-bond acceptors (Lipinski definition) is 4. The number of nitrogens with zero attached hydrogens (tertiary/aromatic N) is 1. The zero-order valence-electron chi connectivity index (χ0n) is 11.1. The highest BCUT2D eigenvalue weighted by molar-refractivity contribution is 9.10. The van der Waals surface area contributed by atoms with Crippen LogP contribution >= 0.6 is 15.9 Å². The second-order valence-corrected chi connectivity index (χ2v) is 5.54. The third kappa shape index (κ3) is 2.88. The number of hydrogen-bond donors (Lipinski definition) is 1. The van der Waals surface area contributed by atoms with Crippen LogP contribution in [0.3, 0.4) is 0 Å². The van der Waals surface area contributed by atoms with Crippen molar-refractivity contribution in [2.45, 2.75) is 13.3 Å². The van der Waals surface area contributed by atoms with Gasteiger partial charge < -0.3 is 14.8 Å². The molecular weight excluding hydrogens is 320 g/mol. The molecule has 104 valence electrons. The fraction of sp³-hybridized carbons (Fsp3) is 0.267. The third-order valence-corrected chi connectivity index (χ3v) is 4.03. The minimum Gasteiger partial charge on any atom is -0.454 e. The molecule has 0 atom stereocenters. The highest BCUT2D eigenvalue weighted by atomic mass is 79.9. The van der Waals surface area contributed by atoms with Crippen molar-refractivity contribution in [1.82, 2.24) is 4.98 Å². The van der Waals surface area contributed by atoms with Crippen LogP contribution in [0.15, 0.2) is 34.9 Å². The van der Waals surface area contributed by atoms with E-state index in [1.54, 1.807) is 0 Å². The maximum atomic E-state index is 5.37. The number of halogens is 1. The van der Waals surface area contributed by atoms with Gasteiger partial charge in [0, 0.05) is 17.2 Å². The van der Waals surface area contributed by atoms with Crippen molar-refractivity contribution in [3.05, 3.63) is 46.1 Å². The van der Waals surface area contributed by atoms with Gasteiger partial charge in [-0.3, -0.25) is 0 Å². The van der Waals surface area contributed by atoms with E-state index in [0.717, 1.165) is 34.8 Å². The molecule has 1 aliphatic rings. The summed E-state index contributed by atoms with van der Waals surface area (Å²) in [6.45, 7) is 3.20. The highest BCUT2D eigenvalue weighted by Gasteiger charge is 2.12. The molecule has 2 heterocycles. The van der Waals surface area contributed by atoms with Gasteiger partial charge in [0.25, 0.3) is 0 Å². The number of fused-ring (bicyclic) bond motifs is 1. The summed E-state index contributed by atoms with van der Waals surface area (Å²) in [6, 6.07) is 8.09. The van der Waals surface area contributed by atoms with Crippen LogP contribution in [-0.4, -0.2) is 18.3 Å². The molecule has 0 aliphatic carbocycles. The van der Waals surface area contributed by atoms with Gasteiger partial charge in [-0.2, -0.15) is 0 Å². The molecule has 1 N–H and O–H groups in total. The summed E-state index contributed by atoms with van der Waals surface area (Å²) in [5, 5.41) is 3.32. The molecule has 2 aromatic rings. The first-order valence-electron chi connectivity index (χ1n) is 6.47. The molecule has 0 fully saturated rings. The van der Waals surface area contributed by atoms with Crippen molar-refractivity contribution in [3.8, 4) is 11.5 Å².